The SMILES string of the molecule is COc1ccc([C@@]2(O)[C@H](C)CN(C(=O)[C@@H]3CN(c4ccc(=O)n(C)n4)C[C@H]3c3ccc(Cl)cn3)C[C@@H]2C)cc1. The molecule has 2 saturated heterocycles. The number of likely N-dealkylation sites (tertiary alicyclic amines) is 1. The molecule has 206 valence electrons. The number of aromatic nitrogens is 3. The topological polar surface area (TPSA) is 101 Å². The molecule has 0 unspecified atom stereocenters. The Kier molecular flexibility index (Phi) is 7.39. The molecule has 0 aliphatic carbocycles. The molecule has 0 bridgehead atoms. The second-order valence-electron chi connectivity index (χ2n) is 10.8. The van der Waals surface area contributed by atoms with E-state index in [0.717, 1.165) is 17.0 Å². The van der Waals surface area contributed by atoms with E-state index in [0.29, 0.717) is 37.0 Å². The van der Waals surface area contributed by atoms with Crippen LogP contribution in [-0.2, 0) is 17.4 Å². The summed E-state index contributed by atoms with van der Waals surface area (Å²) >= 11 is 6.10. The number of amides is 1. The number of ether oxygens (including phenoxy) is 1. The van der Waals surface area contributed by atoms with E-state index in [1.165, 1.54) is 10.7 Å². The molecule has 2 fully saturated rings. The largest absolute Gasteiger partial charge is 0.497 e. The fourth-order valence-electron chi connectivity index (χ4n) is 6.15. The molecule has 2 aromatic heterocycles. The lowest BCUT2D eigenvalue weighted by Gasteiger charge is -2.48. The second-order valence-corrected chi connectivity index (χ2v) is 11.2. The summed E-state index contributed by atoms with van der Waals surface area (Å²) in [6.07, 6.45) is 1.60. The van der Waals surface area contributed by atoms with Gasteiger partial charge < -0.3 is 19.6 Å². The third-order valence-electron chi connectivity index (χ3n) is 8.39. The number of nitrogens with zero attached hydrogens (tertiary/aromatic N) is 5. The predicted octanol–water partition coefficient (Wildman–Crippen LogP) is 3.06. The second kappa shape index (κ2) is 10.6. The van der Waals surface area contributed by atoms with Gasteiger partial charge in [-0.2, -0.15) is 5.10 Å². The summed E-state index contributed by atoms with van der Waals surface area (Å²) in [5.74, 6) is 0.476. The lowest BCUT2D eigenvalue weighted by molar-refractivity contribution is -0.152. The molecule has 5 atom stereocenters. The van der Waals surface area contributed by atoms with Crippen LogP contribution in [0.3, 0.4) is 0 Å². The zero-order valence-electron chi connectivity index (χ0n) is 22.6. The normalized spacial score (nSPS) is 27.0. The summed E-state index contributed by atoms with van der Waals surface area (Å²) in [6.45, 7) is 5.83. The standard InChI is InChI=1S/C29H34ClN5O4/c1-18-14-35(15-19(2)29(18,38)20-5-8-22(39-4)9-6-20)28(37)24-17-34(26-11-12-27(36)33(3)32-26)16-23(24)25-10-7-21(30)13-31-25/h5-13,18-19,23-24,38H,14-17H2,1-4H3/t18-,19+,23-,24-,29-/m1/s1. The smallest absolute Gasteiger partial charge is 0.266 e. The van der Waals surface area contributed by atoms with Gasteiger partial charge in [0.25, 0.3) is 5.56 Å². The van der Waals surface area contributed by atoms with Gasteiger partial charge in [0.15, 0.2) is 0 Å². The van der Waals surface area contributed by atoms with Crippen LogP contribution in [0.5, 0.6) is 5.75 Å². The number of hydrogen-bond acceptors (Lipinski definition) is 7. The van der Waals surface area contributed by atoms with Crippen LogP contribution in [0.15, 0.2) is 59.5 Å². The third kappa shape index (κ3) is 5.01. The van der Waals surface area contributed by atoms with Crippen LogP contribution in [-0.4, -0.2) is 64.0 Å². The van der Waals surface area contributed by atoms with Gasteiger partial charge in [0, 0.05) is 68.9 Å². The van der Waals surface area contributed by atoms with Crippen molar-refractivity contribution in [2.24, 2.45) is 24.8 Å². The van der Waals surface area contributed by atoms with Gasteiger partial charge in [-0.3, -0.25) is 14.6 Å². The number of methoxy groups -OCH3 is 1. The van der Waals surface area contributed by atoms with E-state index in [1.54, 1.807) is 32.5 Å². The molecule has 0 spiro atoms. The van der Waals surface area contributed by atoms with E-state index < -0.39 is 5.60 Å². The Morgan fingerprint density at radius 3 is 2.31 bits per heavy atom. The van der Waals surface area contributed by atoms with Gasteiger partial charge in [-0.15, -0.1) is 0 Å². The summed E-state index contributed by atoms with van der Waals surface area (Å²) in [4.78, 5) is 34.5. The first-order valence-corrected chi connectivity index (χ1v) is 13.6. The third-order valence-corrected chi connectivity index (χ3v) is 8.62. The number of rotatable bonds is 5. The first-order valence-electron chi connectivity index (χ1n) is 13.2. The molecule has 2 aliphatic heterocycles. The monoisotopic (exact) mass is 551 g/mol. The van der Waals surface area contributed by atoms with Crippen molar-refractivity contribution in [2.75, 3.05) is 38.2 Å². The summed E-state index contributed by atoms with van der Waals surface area (Å²) in [7, 11) is 3.23. The van der Waals surface area contributed by atoms with Gasteiger partial charge in [-0.05, 0) is 35.9 Å². The average Bonchev–Trinajstić information content (AvgIpc) is 3.38. The molecule has 1 aromatic carbocycles. The van der Waals surface area contributed by atoms with E-state index in [2.05, 4.69) is 10.1 Å². The Hall–Kier alpha value is -3.43. The van der Waals surface area contributed by atoms with E-state index >= 15 is 0 Å². The fraction of sp³-hybridized carbons (Fsp3) is 0.448. The number of benzene rings is 1. The van der Waals surface area contributed by atoms with Crippen LogP contribution >= 0.6 is 11.6 Å². The highest BCUT2D eigenvalue weighted by Gasteiger charge is 2.49. The van der Waals surface area contributed by atoms with Crippen LogP contribution in [0.1, 0.15) is 31.0 Å². The Balaban J connectivity index is 1.41. The fourth-order valence-corrected chi connectivity index (χ4v) is 6.26. The van der Waals surface area contributed by atoms with Gasteiger partial charge in [0.05, 0.1) is 23.7 Å². The first kappa shape index (κ1) is 27.1. The molecule has 0 saturated carbocycles. The van der Waals surface area contributed by atoms with Crippen LogP contribution in [0.25, 0.3) is 0 Å². The predicted molar refractivity (Wildman–Crippen MR) is 149 cm³/mol. The maximum absolute atomic E-state index is 14.1. The molecule has 0 radical (unpaired) electrons. The number of carbonyl (C=O) groups is 1. The van der Waals surface area contributed by atoms with E-state index in [9.17, 15) is 14.7 Å². The summed E-state index contributed by atoms with van der Waals surface area (Å²) in [5.41, 5.74) is 0.354. The Morgan fingerprint density at radius 2 is 1.72 bits per heavy atom. The lowest BCUT2D eigenvalue weighted by Crippen LogP contribution is -2.57. The summed E-state index contributed by atoms with van der Waals surface area (Å²) < 4.78 is 6.58. The quantitative estimate of drug-likeness (QED) is 0.520. The van der Waals surface area contributed by atoms with Crippen molar-refractivity contribution in [3.8, 4) is 5.75 Å². The molecular weight excluding hydrogens is 518 g/mol. The van der Waals surface area contributed by atoms with Crippen LogP contribution < -0.4 is 15.2 Å². The number of carbonyl (C=O) groups excluding carboxylic acids is 1. The van der Waals surface area contributed by atoms with E-state index in [-0.39, 0.29) is 35.1 Å². The average molecular weight is 552 g/mol. The summed E-state index contributed by atoms with van der Waals surface area (Å²) in [5, 5.41) is 16.8. The lowest BCUT2D eigenvalue weighted by atomic mass is 9.70. The Labute approximate surface area is 233 Å². The highest BCUT2D eigenvalue weighted by molar-refractivity contribution is 6.30. The molecule has 9 nitrogen and oxygen atoms in total. The van der Waals surface area contributed by atoms with Gasteiger partial charge in [0.2, 0.25) is 5.91 Å². The number of piperidine rings is 1. The minimum Gasteiger partial charge on any atom is -0.497 e. The zero-order chi connectivity index (χ0) is 27.9. The maximum atomic E-state index is 14.1. The van der Waals surface area contributed by atoms with Crippen molar-refractivity contribution in [2.45, 2.75) is 25.4 Å². The van der Waals surface area contributed by atoms with Crippen molar-refractivity contribution < 1.29 is 14.6 Å². The molecular formula is C29H34ClN5O4. The minimum absolute atomic E-state index is 0.0274. The molecule has 4 heterocycles. The maximum Gasteiger partial charge on any atom is 0.266 e. The first-order chi connectivity index (χ1) is 18.6. The molecule has 5 rings (SSSR count). The van der Waals surface area contributed by atoms with Crippen LogP contribution in [0.2, 0.25) is 5.02 Å². The van der Waals surface area contributed by atoms with Gasteiger partial charge in [-0.25, -0.2) is 4.68 Å². The van der Waals surface area contributed by atoms with E-state index in [1.807, 2.05) is 54.0 Å². The number of halogens is 1. The van der Waals surface area contributed by atoms with Crippen molar-refractivity contribution in [1.82, 2.24) is 19.7 Å². The number of aliphatic hydroxyl groups is 1. The Bertz CT molecular complexity index is 1380. The zero-order valence-corrected chi connectivity index (χ0v) is 23.4. The minimum atomic E-state index is -1.07. The van der Waals surface area contributed by atoms with Crippen LogP contribution in [0.4, 0.5) is 5.82 Å². The molecule has 2 aliphatic rings. The van der Waals surface area contributed by atoms with Crippen LogP contribution in [0, 0.1) is 17.8 Å². The van der Waals surface area contributed by atoms with Crippen molar-refractivity contribution in [3.63, 3.8) is 0 Å². The van der Waals surface area contributed by atoms with Crippen molar-refractivity contribution in [3.05, 3.63) is 81.4 Å². The van der Waals surface area contributed by atoms with Gasteiger partial charge >= 0.3 is 0 Å². The molecule has 1 N–H and O–H groups in total. The number of pyridine rings is 1. The number of anilines is 1. The highest BCUT2D eigenvalue weighted by atomic mass is 35.5. The van der Waals surface area contributed by atoms with Crippen molar-refractivity contribution >= 4 is 23.3 Å². The number of hydrogen-bond donors (Lipinski definition) is 1. The van der Waals surface area contributed by atoms with E-state index in [4.69, 9.17) is 16.3 Å². The molecule has 3 aromatic rings. The highest BCUT2D eigenvalue weighted by Crippen LogP contribution is 2.43. The molecule has 1 amide bonds. The number of aryl methyl sites for hydroxylation is 1. The molecule has 39 heavy (non-hydrogen) atoms. The molecule has 10 heteroatoms. The van der Waals surface area contributed by atoms with Gasteiger partial charge in [0.1, 0.15) is 11.6 Å². The Morgan fingerprint density at radius 1 is 1.03 bits per heavy atom. The van der Waals surface area contributed by atoms with Gasteiger partial charge in [-0.1, -0.05) is 37.6 Å². The summed E-state index contributed by atoms with van der Waals surface area (Å²) in [6, 6.07) is 14.4. The van der Waals surface area contributed by atoms with Crippen molar-refractivity contribution in [1.29, 1.82) is 0 Å².